The van der Waals surface area contributed by atoms with Gasteiger partial charge in [0, 0.05) is 32.5 Å². The van der Waals surface area contributed by atoms with E-state index in [9.17, 15) is 4.39 Å². The first kappa shape index (κ1) is 15.6. The molecule has 106 valence electrons. The molecule has 0 amide bonds. The molecule has 1 aliphatic heterocycles. The Hall–Kier alpha value is 0.250. The zero-order valence-electron chi connectivity index (χ0n) is 10.7. The van der Waals surface area contributed by atoms with Crippen LogP contribution in [0.3, 0.4) is 0 Å². The average molecular weight is 365 g/mol. The lowest BCUT2D eigenvalue weighted by molar-refractivity contribution is 0.500. The van der Waals surface area contributed by atoms with E-state index >= 15 is 0 Å². The molecule has 0 aromatic heterocycles. The summed E-state index contributed by atoms with van der Waals surface area (Å²) in [7, 11) is 0. The number of rotatable bonds is 4. The number of hydrazine groups is 1. The monoisotopic (exact) mass is 364 g/mol. The lowest BCUT2D eigenvalue weighted by atomic mass is 10.0. The average Bonchev–Trinajstić information content (AvgIpc) is 2.36. The van der Waals surface area contributed by atoms with Gasteiger partial charge in [0.1, 0.15) is 5.82 Å². The van der Waals surface area contributed by atoms with E-state index in [4.69, 9.17) is 5.84 Å². The Morgan fingerprint density at radius 2 is 2.16 bits per heavy atom. The standard InChI is InChI=1S/C13H18BrFN2S2/c1-8-13(19-3-2-18-8)12(17-16)6-9-4-10(14)7-11(15)5-9/h4-5,7-8,12-13,17H,2-3,6,16H2,1H3. The fraction of sp³-hybridized carbons (Fsp3) is 0.538. The SMILES string of the molecule is CC1SCCSC1C(Cc1cc(F)cc(Br)c1)NN. The quantitative estimate of drug-likeness (QED) is 0.635. The number of thioether (sulfide) groups is 2. The van der Waals surface area contributed by atoms with E-state index in [1.54, 1.807) is 6.07 Å². The van der Waals surface area contributed by atoms with Crippen molar-refractivity contribution in [3.05, 3.63) is 34.1 Å². The van der Waals surface area contributed by atoms with Crippen LogP contribution in [0.5, 0.6) is 0 Å². The summed E-state index contributed by atoms with van der Waals surface area (Å²) < 4.78 is 14.2. The minimum absolute atomic E-state index is 0.168. The summed E-state index contributed by atoms with van der Waals surface area (Å²) in [6, 6.07) is 5.18. The molecule has 1 aromatic rings. The van der Waals surface area contributed by atoms with Crippen molar-refractivity contribution in [2.45, 2.75) is 29.9 Å². The molecule has 1 fully saturated rings. The van der Waals surface area contributed by atoms with Gasteiger partial charge in [-0.3, -0.25) is 11.3 Å². The molecular formula is C13H18BrFN2S2. The molecule has 1 aromatic carbocycles. The van der Waals surface area contributed by atoms with Crippen molar-refractivity contribution in [2.24, 2.45) is 5.84 Å². The van der Waals surface area contributed by atoms with E-state index in [2.05, 4.69) is 28.3 Å². The van der Waals surface area contributed by atoms with Gasteiger partial charge in [0.25, 0.3) is 0 Å². The fourth-order valence-electron chi connectivity index (χ4n) is 2.34. The number of benzene rings is 1. The molecular weight excluding hydrogens is 347 g/mol. The molecule has 2 rings (SSSR count). The minimum Gasteiger partial charge on any atom is -0.271 e. The summed E-state index contributed by atoms with van der Waals surface area (Å²) in [6.45, 7) is 2.24. The van der Waals surface area contributed by atoms with Crippen molar-refractivity contribution in [2.75, 3.05) is 11.5 Å². The Labute approximate surface area is 130 Å². The Morgan fingerprint density at radius 3 is 2.79 bits per heavy atom. The van der Waals surface area contributed by atoms with Gasteiger partial charge in [-0.25, -0.2) is 4.39 Å². The van der Waals surface area contributed by atoms with Gasteiger partial charge >= 0.3 is 0 Å². The highest BCUT2D eigenvalue weighted by Crippen LogP contribution is 2.34. The van der Waals surface area contributed by atoms with Crippen LogP contribution in [-0.4, -0.2) is 28.0 Å². The Kier molecular flexibility index (Phi) is 6.02. The van der Waals surface area contributed by atoms with Crippen molar-refractivity contribution in [1.82, 2.24) is 5.43 Å². The summed E-state index contributed by atoms with van der Waals surface area (Å²) in [6.07, 6.45) is 0.745. The number of nitrogens with one attached hydrogen (secondary N) is 1. The van der Waals surface area contributed by atoms with Crippen LogP contribution < -0.4 is 11.3 Å². The number of nitrogens with two attached hydrogens (primary N) is 1. The summed E-state index contributed by atoms with van der Waals surface area (Å²) in [4.78, 5) is 0. The third-order valence-electron chi connectivity index (χ3n) is 3.23. The van der Waals surface area contributed by atoms with Crippen molar-refractivity contribution >= 4 is 39.5 Å². The summed E-state index contributed by atoms with van der Waals surface area (Å²) in [5.74, 6) is 7.86. The van der Waals surface area contributed by atoms with Crippen molar-refractivity contribution in [3.8, 4) is 0 Å². The molecule has 3 unspecified atom stereocenters. The second-order valence-corrected chi connectivity index (χ2v) is 8.35. The normalized spacial score (nSPS) is 25.3. The smallest absolute Gasteiger partial charge is 0.124 e. The van der Waals surface area contributed by atoms with Gasteiger partial charge in [0.05, 0.1) is 0 Å². The van der Waals surface area contributed by atoms with E-state index in [1.165, 1.54) is 11.8 Å². The lowest BCUT2D eigenvalue weighted by Crippen LogP contribution is -2.48. The molecule has 3 N–H and O–H groups in total. The van der Waals surface area contributed by atoms with Crippen molar-refractivity contribution in [1.29, 1.82) is 0 Å². The molecule has 2 nitrogen and oxygen atoms in total. The molecule has 0 bridgehead atoms. The first-order chi connectivity index (χ1) is 9.10. The highest BCUT2D eigenvalue weighted by molar-refractivity contribution is 9.10. The van der Waals surface area contributed by atoms with Gasteiger partial charge in [0.2, 0.25) is 0 Å². The molecule has 0 spiro atoms. The van der Waals surface area contributed by atoms with Gasteiger partial charge < -0.3 is 0 Å². The molecule has 0 radical (unpaired) electrons. The van der Waals surface area contributed by atoms with Crippen LogP contribution in [0, 0.1) is 5.82 Å². The van der Waals surface area contributed by atoms with Gasteiger partial charge in [-0.1, -0.05) is 22.9 Å². The first-order valence-electron chi connectivity index (χ1n) is 6.24. The van der Waals surface area contributed by atoms with Crippen LogP contribution in [0.25, 0.3) is 0 Å². The molecule has 3 atom stereocenters. The number of halogens is 2. The summed E-state index contributed by atoms with van der Waals surface area (Å²) in [5.41, 5.74) is 3.89. The van der Waals surface area contributed by atoms with E-state index in [-0.39, 0.29) is 11.9 Å². The molecule has 19 heavy (non-hydrogen) atoms. The second kappa shape index (κ2) is 7.31. The van der Waals surface area contributed by atoms with Gasteiger partial charge in [0.15, 0.2) is 0 Å². The zero-order valence-corrected chi connectivity index (χ0v) is 14.0. The maximum absolute atomic E-state index is 13.4. The number of hydrogen-bond acceptors (Lipinski definition) is 4. The Balaban J connectivity index is 2.09. The fourth-order valence-corrected chi connectivity index (χ4v) is 5.80. The van der Waals surface area contributed by atoms with E-state index in [0.717, 1.165) is 22.2 Å². The van der Waals surface area contributed by atoms with Crippen LogP contribution in [0.15, 0.2) is 22.7 Å². The van der Waals surface area contributed by atoms with E-state index in [1.807, 2.05) is 29.6 Å². The summed E-state index contributed by atoms with van der Waals surface area (Å²) in [5, 5.41) is 1.03. The van der Waals surface area contributed by atoms with Crippen LogP contribution >= 0.6 is 39.5 Å². The first-order valence-corrected chi connectivity index (χ1v) is 9.13. The van der Waals surface area contributed by atoms with Crippen LogP contribution in [0.2, 0.25) is 0 Å². The molecule has 1 aliphatic rings. The van der Waals surface area contributed by atoms with Crippen LogP contribution in [-0.2, 0) is 6.42 Å². The maximum atomic E-state index is 13.4. The Bertz CT molecular complexity index is 413. The molecule has 1 saturated heterocycles. The predicted molar refractivity (Wildman–Crippen MR) is 87.1 cm³/mol. The highest BCUT2D eigenvalue weighted by Gasteiger charge is 2.29. The van der Waals surface area contributed by atoms with E-state index < -0.39 is 0 Å². The molecule has 0 aliphatic carbocycles. The van der Waals surface area contributed by atoms with Gasteiger partial charge in [-0.2, -0.15) is 23.5 Å². The molecule has 6 heteroatoms. The molecule has 1 heterocycles. The highest BCUT2D eigenvalue weighted by atomic mass is 79.9. The van der Waals surface area contributed by atoms with Gasteiger partial charge in [-0.15, -0.1) is 0 Å². The zero-order chi connectivity index (χ0) is 13.8. The third-order valence-corrected chi connectivity index (χ3v) is 6.93. The van der Waals surface area contributed by atoms with Crippen LogP contribution in [0.4, 0.5) is 4.39 Å². The lowest BCUT2D eigenvalue weighted by Gasteiger charge is -2.34. The van der Waals surface area contributed by atoms with Gasteiger partial charge in [-0.05, 0) is 30.2 Å². The topological polar surface area (TPSA) is 38.0 Å². The van der Waals surface area contributed by atoms with Crippen molar-refractivity contribution in [3.63, 3.8) is 0 Å². The van der Waals surface area contributed by atoms with E-state index in [0.29, 0.717) is 10.5 Å². The minimum atomic E-state index is -0.209. The third kappa shape index (κ3) is 4.36. The maximum Gasteiger partial charge on any atom is 0.124 e. The number of hydrogen-bond donors (Lipinski definition) is 2. The Morgan fingerprint density at radius 1 is 1.42 bits per heavy atom. The predicted octanol–water partition coefficient (Wildman–Crippen LogP) is 3.20. The summed E-state index contributed by atoms with van der Waals surface area (Å²) >= 11 is 7.28. The molecule has 0 saturated carbocycles. The second-order valence-electron chi connectivity index (χ2n) is 4.67. The largest absolute Gasteiger partial charge is 0.271 e. The van der Waals surface area contributed by atoms with Crippen LogP contribution in [0.1, 0.15) is 12.5 Å². The van der Waals surface area contributed by atoms with Crippen molar-refractivity contribution < 1.29 is 4.39 Å².